The van der Waals surface area contributed by atoms with Gasteiger partial charge in [-0.15, -0.1) is 0 Å². The van der Waals surface area contributed by atoms with E-state index in [-0.39, 0.29) is 11.6 Å². The topological polar surface area (TPSA) is 64.9 Å². The second-order valence-electron chi connectivity index (χ2n) is 5.96. The Bertz CT molecular complexity index is 805. The summed E-state index contributed by atoms with van der Waals surface area (Å²) >= 11 is 5.84. The summed E-state index contributed by atoms with van der Waals surface area (Å²) in [4.78, 5) is 12.2. The minimum absolute atomic E-state index is 0.00618. The molecule has 0 bridgehead atoms. The van der Waals surface area contributed by atoms with Gasteiger partial charge in [-0.2, -0.15) is 5.26 Å². The molecule has 0 fully saturated rings. The van der Waals surface area contributed by atoms with Crippen LogP contribution in [-0.4, -0.2) is 5.91 Å². The molecule has 5 heteroatoms. The Balaban J connectivity index is 1.94. The lowest BCUT2D eigenvalue weighted by Gasteiger charge is -2.13. The van der Waals surface area contributed by atoms with Crippen LogP contribution in [0.5, 0.6) is 0 Å². The molecule has 26 heavy (non-hydrogen) atoms. The number of hydrogen-bond acceptors (Lipinski definition) is 3. The number of nitrogens with zero attached hydrogens (tertiary/aromatic N) is 1. The van der Waals surface area contributed by atoms with Crippen molar-refractivity contribution < 1.29 is 4.79 Å². The number of carbonyl (C=O) groups is 1. The largest absolute Gasteiger partial charge is 0.383 e. The van der Waals surface area contributed by atoms with Crippen molar-refractivity contribution in [3.63, 3.8) is 0 Å². The molecule has 1 unspecified atom stereocenters. The highest BCUT2D eigenvalue weighted by Crippen LogP contribution is 2.14. The number of amides is 1. The van der Waals surface area contributed by atoms with Gasteiger partial charge in [-0.1, -0.05) is 54.9 Å². The maximum Gasteiger partial charge on any atom is 0.263 e. The normalized spacial score (nSPS) is 12.2. The van der Waals surface area contributed by atoms with Gasteiger partial charge in [0.15, 0.2) is 0 Å². The van der Waals surface area contributed by atoms with Crippen molar-refractivity contribution in [2.24, 2.45) is 0 Å². The van der Waals surface area contributed by atoms with Gasteiger partial charge in [0.05, 0.1) is 0 Å². The summed E-state index contributed by atoms with van der Waals surface area (Å²) in [6, 6.07) is 17.4. The molecule has 4 nitrogen and oxygen atoms in total. The Kier molecular flexibility index (Phi) is 7.25. The Morgan fingerprint density at radius 2 is 1.77 bits per heavy atom. The lowest BCUT2D eigenvalue weighted by Crippen LogP contribution is -2.25. The van der Waals surface area contributed by atoms with Crippen molar-refractivity contribution in [1.29, 1.82) is 5.26 Å². The van der Waals surface area contributed by atoms with Crippen molar-refractivity contribution >= 4 is 17.5 Å². The monoisotopic (exact) mass is 367 g/mol. The van der Waals surface area contributed by atoms with Gasteiger partial charge in [-0.3, -0.25) is 4.79 Å². The minimum Gasteiger partial charge on any atom is -0.383 e. The Labute approximate surface area is 159 Å². The highest BCUT2D eigenvalue weighted by atomic mass is 35.5. The zero-order valence-corrected chi connectivity index (χ0v) is 15.7. The van der Waals surface area contributed by atoms with Gasteiger partial charge in [0, 0.05) is 23.8 Å². The molecule has 0 aliphatic heterocycles. The van der Waals surface area contributed by atoms with Crippen LogP contribution in [0.15, 0.2) is 60.3 Å². The number of nitriles is 1. The zero-order valence-electron chi connectivity index (χ0n) is 14.9. The number of halogens is 1. The number of benzene rings is 2. The highest BCUT2D eigenvalue weighted by Gasteiger charge is 2.10. The average molecular weight is 368 g/mol. The van der Waals surface area contributed by atoms with E-state index in [9.17, 15) is 10.1 Å². The van der Waals surface area contributed by atoms with E-state index in [1.165, 1.54) is 11.8 Å². The summed E-state index contributed by atoms with van der Waals surface area (Å²) < 4.78 is 0. The van der Waals surface area contributed by atoms with Crippen LogP contribution in [0.1, 0.15) is 36.6 Å². The van der Waals surface area contributed by atoms with Crippen LogP contribution in [-0.2, 0) is 17.8 Å². The SMILES string of the molecule is CCc1ccc(C(C)N/C=C(/C#N)C(=O)NCc2ccc(Cl)cc2)cc1. The summed E-state index contributed by atoms with van der Waals surface area (Å²) in [5.41, 5.74) is 3.32. The first kappa shape index (κ1) is 19.6. The second-order valence-corrected chi connectivity index (χ2v) is 6.40. The third-order valence-corrected chi connectivity index (χ3v) is 4.35. The minimum atomic E-state index is -0.413. The molecular formula is C21H22ClN3O. The number of carbonyl (C=O) groups excluding carboxylic acids is 1. The van der Waals surface area contributed by atoms with Crippen LogP contribution >= 0.6 is 11.6 Å². The quantitative estimate of drug-likeness (QED) is 0.567. The molecule has 1 atom stereocenters. The molecule has 0 heterocycles. The smallest absolute Gasteiger partial charge is 0.263 e. The van der Waals surface area contributed by atoms with Gasteiger partial charge in [0.2, 0.25) is 0 Å². The van der Waals surface area contributed by atoms with E-state index in [0.29, 0.717) is 11.6 Å². The van der Waals surface area contributed by atoms with Gasteiger partial charge >= 0.3 is 0 Å². The summed E-state index contributed by atoms with van der Waals surface area (Å²) in [6.45, 7) is 4.43. The standard InChI is InChI=1S/C21H22ClN3O/c1-3-16-4-8-18(9-5-16)15(2)24-14-19(12-23)21(26)25-13-17-6-10-20(22)11-7-17/h4-11,14-15,24H,3,13H2,1-2H3,(H,25,26)/b19-14-. The lowest BCUT2D eigenvalue weighted by molar-refractivity contribution is -0.117. The van der Waals surface area contributed by atoms with Crippen molar-refractivity contribution in [1.82, 2.24) is 10.6 Å². The van der Waals surface area contributed by atoms with E-state index in [1.54, 1.807) is 12.1 Å². The Morgan fingerprint density at radius 3 is 2.35 bits per heavy atom. The molecule has 0 radical (unpaired) electrons. The molecule has 2 aromatic carbocycles. The average Bonchev–Trinajstić information content (AvgIpc) is 2.67. The fourth-order valence-electron chi connectivity index (χ4n) is 2.37. The molecular weight excluding hydrogens is 346 g/mol. The predicted molar refractivity (Wildman–Crippen MR) is 104 cm³/mol. The van der Waals surface area contributed by atoms with Crippen molar-refractivity contribution in [2.45, 2.75) is 32.9 Å². The third kappa shape index (κ3) is 5.65. The molecule has 0 aliphatic rings. The number of rotatable bonds is 7. The summed E-state index contributed by atoms with van der Waals surface area (Å²) in [5.74, 6) is -0.413. The maximum atomic E-state index is 12.2. The number of hydrogen-bond donors (Lipinski definition) is 2. The molecule has 2 rings (SSSR count). The van der Waals surface area contributed by atoms with Crippen LogP contribution in [0.25, 0.3) is 0 Å². The van der Waals surface area contributed by atoms with Gasteiger partial charge in [-0.25, -0.2) is 0 Å². The fourth-order valence-corrected chi connectivity index (χ4v) is 2.50. The van der Waals surface area contributed by atoms with Crippen LogP contribution in [0.3, 0.4) is 0 Å². The highest BCUT2D eigenvalue weighted by molar-refractivity contribution is 6.30. The predicted octanol–water partition coefficient (Wildman–Crippen LogP) is 4.28. The number of nitrogens with one attached hydrogen (secondary N) is 2. The molecule has 134 valence electrons. The molecule has 0 saturated carbocycles. The van der Waals surface area contributed by atoms with E-state index < -0.39 is 5.91 Å². The van der Waals surface area contributed by atoms with Crippen molar-refractivity contribution in [3.8, 4) is 6.07 Å². The van der Waals surface area contributed by atoms with Crippen LogP contribution < -0.4 is 10.6 Å². The molecule has 0 aliphatic carbocycles. The Hall–Kier alpha value is -2.77. The molecule has 2 N–H and O–H groups in total. The van der Waals surface area contributed by atoms with E-state index in [0.717, 1.165) is 17.5 Å². The first-order valence-corrected chi connectivity index (χ1v) is 8.89. The number of aryl methyl sites for hydroxylation is 1. The third-order valence-electron chi connectivity index (χ3n) is 4.10. The summed E-state index contributed by atoms with van der Waals surface area (Å²) in [7, 11) is 0. The van der Waals surface area contributed by atoms with E-state index in [4.69, 9.17) is 11.6 Å². The maximum absolute atomic E-state index is 12.2. The van der Waals surface area contributed by atoms with Gasteiger partial charge in [-0.05, 0) is 42.2 Å². The summed E-state index contributed by atoms with van der Waals surface area (Å²) in [5, 5.41) is 15.7. The molecule has 0 spiro atoms. The molecule has 0 aromatic heterocycles. The molecule has 1 amide bonds. The van der Waals surface area contributed by atoms with E-state index in [2.05, 4.69) is 41.8 Å². The van der Waals surface area contributed by atoms with Crippen LogP contribution in [0.2, 0.25) is 5.02 Å². The first-order valence-electron chi connectivity index (χ1n) is 8.51. The van der Waals surface area contributed by atoms with Gasteiger partial charge in [0.25, 0.3) is 5.91 Å². The van der Waals surface area contributed by atoms with E-state index >= 15 is 0 Å². The molecule has 0 saturated heterocycles. The van der Waals surface area contributed by atoms with Crippen molar-refractivity contribution in [3.05, 3.63) is 82.0 Å². The summed E-state index contributed by atoms with van der Waals surface area (Å²) in [6.07, 6.45) is 2.46. The van der Waals surface area contributed by atoms with Gasteiger partial charge in [0.1, 0.15) is 11.6 Å². The van der Waals surface area contributed by atoms with E-state index in [1.807, 2.05) is 25.1 Å². The van der Waals surface area contributed by atoms with Crippen LogP contribution in [0.4, 0.5) is 0 Å². The lowest BCUT2D eigenvalue weighted by atomic mass is 10.1. The Morgan fingerprint density at radius 1 is 1.15 bits per heavy atom. The second kappa shape index (κ2) is 9.65. The first-order chi connectivity index (χ1) is 12.5. The molecule has 2 aromatic rings. The fraction of sp³-hybridized carbons (Fsp3) is 0.238. The van der Waals surface area contributed by atoms with Crippen molar-refractivity contribution in [2.75, 3.05) is 0 Å². The van der Waals surface area contributed by atoms with Gasteiger partial charge < -0.3 is 10.6 Å². The van der Waals surface area contributed by atoms with Crippen LogP contribution in [0, 0.1) is 11.3 Å². The zero-order chi connectivity index (χ0) is 18.9.